The maximum atomic E-state index is 12.4. The van der Waals surface area contributed by atoms with Crippen molar-refractivity contribution in [3.63, 3.8) is 0 Å². The average molecular weight is 358 g/mol. The largest absolute Gasteiger partial charge is 0.379 e. The number of hydrogen-bond acceptors (Lipinski definition) is 4. The van der Waals surface area contributed by atoms with Gasteiger partial charge in [-0.15, -0.1) is 0 Å². The molecule has 0 saturated heterocycles. The number of methoxy groups -OCH3 is 1. The van der Waals surface area contributed by atoms with Crippen molar-refractivity contribution in [2.75, 3.05) is 7.11 Å². The predicted molar refractivity (Wildman–Crippen MR) is 102 cm³/mol. The number of nitrogens with one attached hydrogen (secondary N) is 2. The molecule has 1 aromatic heterocycles. The van der Waals surface area contributed by atoms with E-state index in [1.54, 1.807) is 13.2 Å². The van der Waals surface area contributed by atoms with Crippen molar-refractivity contribution in [3.05, 3.63) is 70.9 Å². The first-order valence-electron chi connectivity index (χ1n) is 8.67. The van der Waals surface area contributed by atoms with Crippen LogP contribution in [0.2, 0.25) is 0 Å². The Morgan fingerprint density at radius 2 is 2.22 bits per heavy atom. The van der Waals surface area contributed by atoms with E-state index in [1.807, 2.05) is 42.5 Å². The fourth-order valence-electron chi connectivity index (χ4n) is 3.55. The summed E-state index contributed by atoms with van der Waals surface area (Å²) in [6.45, 7) is 0. The Morgan fingerprint density at radius 3 is 3.04 bits per heavy atom. The fraction of sp³-hybridized carbons (Fsp3) is 0.190. The van der Waals surface area contributed by atoms with Gasteiger partial charge in [0, 0.05) is 25.0 Å². The molecule has 0 spiro atoms. The molecule has 6 nitrogen and oxygen atoms in total. The lowest BCUT2D eigenvalue weighted by atomic mass is 10.1. The summed E-state index contributed by atoms with van der Waals surface area (Å²) < 4.78 is 5.55. The predicted octanol–water partition coefficient (Wildman–Crippen LogP) is 2.88. The smallest absolute Gasteiger partial charge is 0.244 e. The number of fused-ring (bicyclic) bond motifs is 2. The molecule has 1 aliphatic rings. The molecule has 6 heteroatoms. The molecular formula is C21H18N4O2. The van der Waals surface area contributed by atoms with E-state index >= 15 is 0 Å². The van der Waals surface area contributed by atoms with Gasteiger partial charge in [-0.2, -0.15) is 10.4 Å². The van der Waals surface area contributed by atoms with Gasteiger partial charge in [0.15, 0.2) is 5.69 Å². The Morgan fingerprint density at radius 1 is 1.37 bits per heavy atom. The number of carbonyl (C=O) groups excluding carboxylic acids is 1. The van der Waals surface area contributed by atoms with E-state index < -0.39 is 0 Å². The monoisotopic (exact) mass is 358 g/mol. The van der Waals surface area contributed by atoms with Crippen molar-refractivity contribution in [2.45, 2.75) is 18.6 Å². The summed E-state index contributed by atoms with van der Waals surface area (Å²) in [6.07, 6.45) is 3.98. The number of hydrogen-bond donors (Lipinski definition) is 2. The van der Waals surface area contributed by atoms with Crippen LogP contribution < -0.4 is 5.32 Å². The first-order valence-corrected chi connectivity index (χ1v) is 8.67. The van der Waals surface area contributed by atoms with Crippen LogP contribution in [-0.4, -0.2) is 29.3 Å². The molecule has 3 aromatic rings. The van der Waals surface area contributed by atoms with Gasteiger partial charge in [0.25, 0.3) is 0 Å². The van der Waals surface area contributed by atoms with E-state index in [4.69, 9.17) is 10.00 Å². The molecule has 2 N–H and O–H groups in total. The number of rotatable bonds is 4. The van der Waals surface area contributed by atoms with E-state index in [1.165, 1.54) is 11.6 Å². The Labute approximate surface area is 156 Å². The standard InChI is InChI=1S/C21H18N4O2/c1-27-19-11-14-4-2-3-5-15(14)21(19)23-20(26)9-7-13-6-8-16-17(10-13)24-25-18(16)12-22/h2-10,19,21H,11H2,1H3,(H,23,26)(H,24,25)/b9-7+/t19-,21-/m0/s1. The minimum atomic E-state index is -0.179. The van der Waals surface area contributed by atoms with Crippen LogP contribution in [0.4, 0.5) is 0 Å². The molecule has 0 fully saturated rings. The second-order valence-electron chi connectivity index (χ2n) is 6.49. The van der Waals surface area contributed by atoms with E-state index in [2.05, 4.69) is 21.6 Å². The Hall–Kier alpha value is -3.43. The van der Waals surface area contributed by atoms with Gasteiger partial charge in [-0.05, 0) is 34.9 Å². The zero-order valence-electron chi connectivity index (χ0n) is 14.8. The fourth-order valence-corrected chi connectivity index (χ4v) is 3.55. The maximum Gasteiger partial charge on any atom is 0.244 e. The molecule has 1 heterocycles. The second-order valence-corrected chi connectivity index (χ2v) is 6.49. The topological polar surface area (TPSA) is 90.8 Å². The van der Waals surface area contributed by atoms with Gasteiger partial charge in [-0.3, -0.25) is 9.89 Å². The van der Waals surface area contributed by atoms with Crippen LogP contribution in [0.1, 0.15) is 28.4 Å². The Kier molecular flexibility index (Phi) is 4.45. The van der Waals surface area contributed by atoms with Crippen LogP contribution in [0.25, 0.3) is 17.0 Å². The molecule has 1 amide bonds. The van der Waals surface area contributed by atoms with Gasteiger partial charge in [0.2, 0.25) is 5.91 Å². The maximum absolute atomic E-state index is 12.4. The van der Waals surface area contributed by atoms with Gasteiger partial charge in [-0.1, -0.05) is 30.3 Å². The molecule has 0 saturated carbocycles. The number of H-pyrrole nitrogens is 1. The van der Waals surface area contributed by atoms with Crippen molar-refractivity contribution >= 4 is 22.9 Å². The van der Waals surface area contributed by atoms with E-state index in [0.29, 0.717) is 5.69 Å². The third-order valence-corrected chi connectivity index (χ3v) is 4.90. The molecule has 0 bridgehead atoms. The van der Waals surface area contributed by atoms with E-state index in [-0.39, 0.29) is 18.1 Å². The summed E-state index contributed by atoms with van der Waals surface area (Å²) in [7, 11) is 1.67. The van der Waals surface area contributed by atoms with Gasteiger partial charge in [0.05, 0.1) is 17.7 Å². The lowest BCUT2D eigenvalue weighted by Gasteiger charge is -2.19. The van der Waals surface area contributed by atoms with Gasteiger partial charge < -0.3 is 10.1 Å². The summed E-state index contributed by atoms with van der Waals surface area (Å²) in [5.41, 5.74) is 4.29. The van der Waals surface area contributed by atoms with E-state index in [9.17, 15) is 4.79 Å². The highest BCUT2D eigenvalue weighted by Gasteiger charge is 2.32. The number of benzene rings is 2. The lowest BCUT2D eigenvalue weighted by Crippen LogP contribution is -2.33. The van der Waals surface area contributed by atoms with Crippen LogP contribution in [0.3, 0.4) is 0 Å². The number of ether oxygens (including phenoxy) is 1. The summed E-state index contributed by atoms with van der Waals surface area (Å²) in [5.74, 6) is -0.179. The Balaban J connectivity index is 1.50. The first-order chi connectivity index (χ1) is 13.2. The van der Waals surface area contributed by atoms with Gasteiger partial charge in [0.1, 0.15) is 6.07 Å². The van der Waals surface area contributed by atoms with Crippen LogP contribution in [0, 0.1) is 11.3 Å². The highest BCUT2D eigenvalue weighted by Crippen LogP contribution is 2.32. The minimum Gasteiger partial charge on any atom is -0.379 e. The summed E-state index contributed by atoms with van der Waals surface area (Å²) in [5, 5.41) is 19.6. The van der Waals surface area contributed by atoms with Crippen LogP contribution in [-0.2, 0) is 16.0 Å². The number of aromatic amines is 1. The SMILES string of the molecule is CO[C@H]1Cc2ccccc2[C@@H]1NC(=O)/C=C/c1ccc2c(C#N)n[nH]c2c1. The van der Waals surface area contributed by atoms with Crippen molar-refractivity contribution in [1.82, 2.24) is 15.5 Å². The molecule has 134 valence electrons. The number of nitrogens with zero attached hydrogens (tertiary/aromatic N) is 2. The van der Waals surface area contributed by atoms with Gasteiger partial charge in [-0.25, -0.2) is 0 Å². The van der Waals surface area contributed by atoms with Crippen LogP contribution in [0.15, 0.2) is 48.5 Å². The lowest BCUT2D eigenvalue weighted by molar-refractivity contribution is -0.118. The van der Waals surface area contributed by atoms with Crippen LogP contribution in [0.5, 0.6) is 0 Å². The van der Waals surface area contributed by atoms with Crippen molar-refractivity contribution in [3.8, 4) is 6.07 Å². The molecule has 1 aliphatic carbocycles. The van der Waals surface area contributed by atoms with Gasteiger partial charge >= 0.3 is 0 Å². The molecular weight excluding hydrogens is 340 g/mol. The summed E-state index contributed by atoms with van der Waals surface area (Å²) >= 11 is 0. The molecule has 0 unspecified atom stereocenters. The molecule has 0 radical (unpaired) electrons. The molecule has 2 aromatic carbocycles. The third kappa shape index (κ3) is 3.21. The minimum absolute atomic E-state index is 0.0644. The second kappa shape index (κ2) is 7.06. The quantitative estimate of drug-likeness (QED) is 0.702. The number of amides is 1. The van der Waals surface area contributed by atoms with Crippen molar-refractivity contribution in [1.29, 1.82) is 5.26 Å². The zero-order valence-corrected chi connectivity index (χ0v) is 14.8. The summed E-state index contributed by atoms with van der Waals surface area (Å²) in [4.78, 5) is 12.4. The summed E-state index contributed by atoms with van der Waals surface area (Å²) in [6, 6.07) is 15.5. The number of aromatic nitrogens is 2. The molecule has 4 rings (SSSR count). The number of nitriles is 1. The average Bonchev–Trinajstić information content (AvgIpc) is 3.27. The highest BCUT2D eigenvalue weighted by molar-refractivity contribution is 5.93. The van der Waals surface area contributed by atoms with E-state index in [0.717, 1.165) is 28.5 Å². The van der Waals surface area contributed by atoms with Crippen molar-refractivity contribution < 1.29 is 9.53 Å². The molecule has 2 atom stereocenters. The molecule has 27 heavy (non-hydrogen) atoms. The normalized spacial score (nSPS) is 18.5. The molecule has 0 aliphatic heterocycles. The third-order valence-electron chi connectivity index (χ3n) is 4.90. The Bertz CT molecular complexity index is 1080. The first kappa shape index (κ1) is 17.0. The van der Waals surface area contributed by atoms with Crippen molar-refractivity contribution in [2.24, 2.45) is 0 Å². The number of carbonyl (C=O) groups is 1. The van der Waals surface area contributed by atoms with Crippen LogP contribution >= 0.6 is 0 Å². The highest BCUT2D eigenvalue weighted by atomic mass is 16.5. The zero-order chi connectivity index (χ0) is 18.8.